The Morgan fingerprint density at radius 3 is 2.47 bits per heavy atom. The van der Waals surface area contributed by atoms with Crippen LogP contribution in [0.15, 0.2) is 36.4 Å². The number of thiocarbonyl (C=S) groups is 1. The van der Waals surface area contributed by atoms with Crippen LogP contribution < -0.4 is 10.5 Å². The van der Waals surface area contributed by atoms with Crippen LogP contribution in [0.1, 0.15) is 5.56 Å². The molecule has 0 saturated carbocycles. The Balaban J connectivity index is 2.29. The molecule has 19 heavy (non-hydrogen) atoms. The first-order valence-corrected chi connectivity index (χ1v) is 5.98. The molecule has 0 unspecified atom stereocenters. The molecule has 0 atom stereocenters. The molecular weight excluding hydrogens is 292 g/mol. The van der Waals surface area contributed by atoms with Crippen molar-refractivity contribution in [3.63, 3.8) is 0 Å². The number of benzene rings is 2. The van der Waals surface area contributed by atoms with Crippen LogP contribution in [-0.4, -0.2) is 4.99 Å². The van der Waals surface area contributed by atoms with Crippen molar-refractivity contribution in [2.24, 2.45) is 5.73 Å². The highest BCUT2D eigenvalue weighted by atomic mass is 35.5. The molecule has 2 aromatic carbocycles. The van der Waals surface area contributed by atoms with E-state index in [-0.39, 0.29) is 10.7 Å². The number of hydrogen-bond acceptors (Lipinski definition) is 2. The van der Waals surface area contributed by atoms with E-state index >= 15 is 0 Å². The average Bonchev–Trinajstić information content (AvgIpc) is 2.32. The third-order valence-electron chi connectivity index (χ3n) is 2.33. The SMILES string of the molecule is NC(=S)c1ccc(Oc2ccc(F)cc2F)cc1Cl. The highest BCUT2D eigenvalue weighted by molar-refractivity contribution is 7.80. The molecule has 0 heterocycles. The lowest BCUT2D eigenvalue weighted by Gasteiger charge is -2.09. The Labute approximate surface area is 118 Å². The van der Waals surface area contributed by atoms with Gasteiger partial charge in [0.15, 0.2) is 11.6 Å². The molecule has 0 aromatic heterocycles. The van der Waals surface area contributed by atoms with Crippen molar-refractivity contribution in [2.75, 3.05) is 0 Å². The maximum absolute atomic E-state index is 13.4. The molecule has 0 aliphatic carbocycles. The van der Waals surface area contributed by atoms with Gasteiger partial charge in [0.05, 0.1) is 5.02 Å². The van der Waals surface area contributed by atoms with Crippen molar-refractivity contribution in [1.82, 2.24) is 0 Å². The minimum absolute atomic E-state index is 0.0967. The molecular formula is C13H8ClF2NOS. The second-order valence-corrected chi connectivity index (χ2v) is 4.53. The van der Waals surface area contributed by atoms with E-state index in [9.17, 15) is 8.78 Å². The molecule has 0 radical (unpaired) electrons. The van der Waals surface area contributed by atoms with E-state index < -0.39 is 11.6 Å². The monoisotopic (exact) mass is 299 g/mol. The highest BCUT2D eigenvalue weighted by Gasteiger charge is 2.09. The average molecular weight is 300 g/mol. The van der Waals surface area contributed by atoms with Gasteiger partial charge in [-0.25, -0.2) is 8.78 Å². The predicted molar refractivity (Wildman–Crippen MR) is 73.8 cm³/mol. The lowest BCUT2D eigenvalue weighted by Crippen LogP contribution is -2.09. The molecule has 0 bridgehead atoms. The molecule has 2 aromatic rings. The van der Waals surface area contributed by atoms with Crippen LogP contribution in [-0.2, 0) is 0 Å². The van der Waals surface area contributed by atoms with Gasteiger partial charge in [-0.2, -0.15) is 0 Å². The number of ether oxygens (including phenoxy) is 1. The van der Waals surface area contributed by atoms with Gasteiger partial charge >= 0.3 is 0 Å². The van der Waals surface area contributed by atoms with Crippen LogP contribution in [0.2, 0.25) is 5.02 Å². The quantitative estimate of drug-likeness (QED) is 0.869. The summed E-state index contributed by atoms with van der Waals surface area (Å²) in [7, 11) is 0. The van der Waals surface area contributed by atoms with E-state index in [1.165, 1.54) is 12.1 Å². The maximum Gasteiger partial charge on any atom is 0.168 e. The molecule has 6 heteroatoms. The first-order chi connectivity index (χ1) is 8.97. The standard InChI is InChI=1S/C13H8ClF2NOS/c14-10-6-8(2-3-9(10)13(17)19)18-12-4-1-7(15)5-11(12)16/h1-6H,(H2,17,19). The van der Waals surface area contributed by atoms with Crippen molar-refractivity contribution < 1.29 is 13.5 Å². The Hall–Kier alpha value is -1.72. The van der Waals surface area contributed by atoms with Crippen LogP contribution in [0, 0.1) is 11.6 Å². The van der Waals surface area contributed by atoms with E-state index in [0.29, 0.717) is 16.3 Å². The number of halogens is 3. The first-order valence-electron chi connectivity index (χ1n) is 5.19. The Morgan fingerprint density at radius 2 is 1.89 bits per heavy atom. The normalized spacial score (nSPS) is 10.3. The predicted octanol–water partition coefficient (Wildman–Crippen LogP) is 4.04. The van der Waals surface area contributed by atoms with Gasteiger partial charge in [-0.05, 0) is 24.3 Å². The van der Waals surface area contributed by atoms with Crippen LogP contribution in [0.3, 0.4) is 0 Å². The zero-order valence-corrected chi connectivity index (χ0v) is 11.1. The highest BCUT2D eigenvalue weighted by Crippen LogP contribution is 2.28. The third-order valence-corrected chi connectivity index (χ3v) is 2.86. The zero-order valence-electron chi connectivity index (χ0n) is 9.49. The molecule has 0 amide bonds. The summed E-state index contributed by atoms with van der Waals surface area (Å²) in [6.45, 7) is 0. The summed E-state index contributed by atoms with van der Waals surface area (Å²) in [4.78, 5) is 0.157. The van der Waals surface area contributed by atoms with E-state index in [1.54, 1.807) is 12.1 Å². The van der Waals surface area contributed by atoms with E-state index in [0.717, 1.165) is 12.1 Å². The third kappa shape index (κ3) is 3.19. The second kappa shape index (κ2) is 5.50. The molecule has 0 aliphatic heterocycles. The van der Waals surface area contributed by atoms with Gasteiger partial charge in [0, 0.05) is 17.7 Å². The van der Waals surface area contributed by atoms with Crippen LogP contribution in [0.4, 0.5) is 8.78 Å². The van der Waals surface area contributed by atoms with Crippen molar-refractivity contribution in [3.8, 4) is 11.5 Å². The number of nitrogens with two attached hydrogens (primary N) is 1. The zero-order chi connectivity index (χ0) is 14.0. The molecule has 2 N–H and O–H groups in total. The molecule has 0 spiro atoms. The summed E-state index contributed by atoms with van der Waals surface area (Å²) < 4.78 is 31.4. The smallest absolute Gasteiger partial charge is 0.168 e. The number of hydrogen-bond donors (Lipinski definition) is 1. The molecule has 98 valence electrons. The van der Waals surface area contributed by atoms with Gasteiger partial charge < -0.3 is 10.5 Å². The topological polar surface area (TPSA) is 35.2 Å². The lowest BCUT2D eigenvalue weighted by atomic mass is 10.2. The van der Waals surface area contributed by atoms with Gasteiger partial charge in [0.1, 0.15) is 16.6 Å². The maximum atomic E-state index is 13.4. The minimum atomic E-state index is -0.797. The van der Waals surface area contributed by atoms with Crippen LogP contribution in [0.5, 0.6) is 11.5 Å². The van der Waals surface area contributed by atoms with Gasteiger partial charge in [0.2, 0.25) is 0 Å². The Morgan fingerprint density at radius 1 is 1.16 bits per heavy atom. The Bertz CT molecular complexity index is 649. The van der Waals surface area contributed by atoms with Crippen LogP contribution in [0.25, 0.3) is 0 Å². The molecule has 0 saturated heterocycles. The molecule has 2 nitrogen and oxygen atoms in total. The largest absolute Gasteiger partial charge is 0.454 e. The summed E-state index contributed by atoms with van der Waals surface area (Å²) in [5, 5.41) is 0.299. The molecule has 2 rings (SSSR count). The van der Waals surface area contributed by atoms with Crippen molar-refractivity contribution in [3.05, 3.63) is 58.6 Å². The summed E-state index contributed by atoms with van der Waals surface area (Å²) in [6, 6.07) is 7.60. The fourth-order valence-corrected chi connectivity index (χ4v) is 1.95. The van der Waals surface area contributed by atoms with Crippen LogP contribution >= 0.6 is 23.8 Å². The first kappa shape index (κ1) is 13.7. The van der Waals surface area contributed by atoms with Gasteiger partial charge in [-0.3, -0.25) is 0 Å². The van der Waals surface area contributed by atoms with E-state index in [4.69, 9.17) is 34.3 Å². The summed E-state index contributed by atoms with van der Waals surface area (Å²) in [5.74, 6) is -1.27. The molecule has 0 aliphatic rings. The molecule has 0 fully saturated rings. The van der Waals surface area contributed by atoms with Gasteiger partial charge in [-0.1, -0.05) is 23.8 Å². The van der Waals surface area contributed by atoms with E-state index in [2.05, 4.69) is 0 Å². The van der Waals surface area contributed by atoms with Crippen molar-refractivity contribution >= 4 is 28.8 Å². The fraction of sp³-hybridized carbons (Fsp3) is 0. The summed E-state index contributed by atoms with van der Waals surface area (Å²) >= 11 is 10.8. The summed E-state index contributed by atoms with van der Waals surface area (Å²) in [6.07, 6.45) is 0. The van der Waals surface area contributed by atoms with Gasteiger partial charge in [-0.15, -0.1) is 0 Å². The second-order valence-electron chi connectivity index (χ2n) is 3.68. The van der Waals surface area contributed by atoms with E-state index in [1.807, 2.05) is 0 Å². The fourth-order valence-electron chi connectivity index (χ4n) is 1.44. The Kier molecular flexibility index (Phi) is 3.97. The van der Waals surface area contributed by atoms with Crippen molar-refractivity contribution in [2.45, 2.75) is 0 Å². The van der Waals surface area contributed by atoms with Gasteiger partial charge in [0.25, 0.3) is 0 Å². The number of rotatable bonds is 3. The summed E-state index contributed by atoms with van der Waals surface area (Å²) in [5.41, 5.74) is 5.97. The van der Waals surface area contributed by atoms with Crippen molar-refractivity contribution in [1.29, 1.82) is 0 Å². The minimum Gasteiger partial charge on any atom is -0.454 e. The lowest BCUT2D eigenvalue weighted by molar-refractivity contribution is 0.437.